The zero-order valence-corrected chi connectivity index (χ0v) is 23.7. The Bertz CT molecular complexity index is 1420. The molecular formula is C39H39N. The molecule has 200 valence electrons. The summed E-state index contributed by atoms with van der Waals surface area (Å²) in [5.41, 5.74) is 9.66. The molecule has 0 spiro atoms. The van der Waals surface area contributed by atoms with Crippen LogP contribution in [0.3, 0.4) is 0 Å². The summed E-state index contributed by atoms with van der Waals surface area (Å²) in [6.07, 6.45) is 10.5. The highest BCUT2D eigenvalue weighted by atomic mass is 15.1. The molecular weight excluding hydrogens is 482 g/mol. The van der Waals surface area contributed by atoms with E-state index in [1.165, 1.54) is 33.4 Å². The van der Waals surface area contributed by atoms with Gasteiger partial charge in [-0.15, -0.1) is 0 Å². The molecule has 1 atom stereocenters. The number of hydrogen-bond acceptors (Lipinski definition) is 1. The van der Waals surface area contributed by atoms with Gasteiger partial charge in [0, 0.05) is 19.1 Å². The summed E-state index contributed by atoms with van der Waals surface area (Å²) < 4.78 is 0. The summed E-state index contributed by atoms with van der Waals surface area (Å²) in [5, 5.41) is 0. The molecule has 1 nitrogen and oxygen atoms in total. The van der Waals surface area contributed by atoms with E-state index < -0.39 is 0 Å². The molecule has 4 rings (SSSR count). The van der Waals surface area contributed by atoms with Crippen molar-refractivity contribution in [1.82, 2.24) is 4.90 Å². The molecule has 0 fully saturated rings. The van der Waals surface area contributed by atoms with Crippen LogP contribution in [0.5, 0.6) is 0 Å². The van der Waals surface area contributed by atoms with Crippen molar-refractivity contribution < 1.29 is 0 Å². The molecule has 0 amide bonds. The number of aryl methyl sites for hydroxylation is 1. The second kappa shape index (κ2) is 14.6. The molecule has 40 heavy (non-hydrogen) atoms. The molecule has 0 saturated carbocycles. The van der Waals surface area contributed by atoms with Gasteiger partial charge < -0.3 is 0 Å². The monoisotopic (exact) mass is 521 g/mol. The number of nitrogens with zero attached hydrogens (tertiary/aromatic N) is 1. The van der Waals surface area contributed by atoms with Gasteiger partial charge in [-0.3, -0.25) is 4.90 Å². The summed E-state index contributed by atoms with van der Waals surface area (Å²) in [6.45, 7) is 14.0. The third kappa shape index (κ3) is 7.56. The first-order valence-corrected chi connectivity index (χ1v) is 13.9. The van der Waals surface area contributed by atoms with Crippen molar-refractivity contribution in [3.63, 3.8) is 0 Å². The second-order valence-corrected chi connectivity index (χ2v) is 9.94. The fourth-order valence-electron chi connectivity index (χ4n) is 4.92. The van der Waals surface area contributed by atoms with Crippen LogP contribution in [0.1, 0.15) is 40.8 Å². The number of hydrogen-bond donors (Lipinski definition) is 0. The van der Waals surface area contributed by atoms with Crippen LogP contribution < -0.4 is 0 Å². The van der Waals surface area contributed by atoms with Gasteiger partial charge in [-0.1, -0.05) is 164 Å². The van der Waals surface area contributed by atoms with Crippen molar-refractivity contribution in [2.45, 2.75) is 19.9 Å². The number of rotatable bonds is 12. The van der Waals surface area contributed by atoms with Gasteiger partial charge >= 0.3 is 0 Å². The minimum Gasteiger partial charge on any atom is -0.289 e. The predicted octanol–water partition coefficient (Wildman–Crippen LogP) is 9.87. The van der Waals surface area contributed by atoms with Crippen LogP contribution in [-0.2, 0) is 0 Å². The molecule has 0 radical (unpaired) electrons. The molecule has 4 aromatic rings. The SMILES string of the molecule is C=C/C=C(C=C)/C(=C/CN(CC=C(c1ccccc1)c1ccccc1)C(C)c1ccc(C)cc1)c1ccccc1. The van der Waals surface area contributed by atoms with Crippen LogP contribution in [0.25, 0.3) is 11.1 Å². The van der Waals surface area contributed by atoms with Crippen LogP contribution in [0, 0.1) is 6.92 Å². The van der Waals surface area contributed by atoms with E-state index in [4.69, 9.17) is 0 Å². The molecule has 0 aliphatic carbocycles. The van der Waals surface area contributed by atoms with Crippen molar-refractivity contribution in [1.29, 1.82) is 0 Å². The highest BCUT2D eigenvalue weighted by Crippen LogP contribution is 2.28. The maximum Gasteiger partial charge on any atom is 0.0326 e. The summed E-state index contributed by atoms with van der Waals surface area (Å²) in [6, 6.07) is 41.0. The maximum atomic E-state index is 4.09. The van der Waals surface area contributed by atoms with Gasteiger partial charge in [0.25, 0.3) is 0 Å². The molecule has 0 aliphatic rings. The Kier molecular flexibility index (Phi) is 10.4. The Morgan fingerprint density at radius 3 is 1.68 bits per heavy atom. The first-order chi connectivity index (χ1) is 19.6. The van der Waals surface area contributed by atoms with Gasteiger partial charge in [0.15, 0.2) is 0 Å². The summed E-state index contributed by atoms with van der Waals surface area (Å²) >= 11 is 0. The summed E-state index contributed by atoms with van der Waals surface area (Å²) in [7, 11) is 0. The number of benzene rings is 4. The van der Waals surface area contributed by atoms with Crippen LogP contribution in [0.4, 0.5) is 0 Å². The Morgan fingerprint density at radius 1 is 0.675 bits per heavy atom. The fraction of sp³-hybridized carbons (Fsp3) is 0.128. The third-order valence-electron chi connectivity index (χ3n) is 7.25. The standard InChI is InChI=1S/C39H39N/c1-5-16-33(6-2)38(35-17-10-7-11-18-35)27-29-40(32(4)34-25-23-31(3)24-26-34)30-28-39(36-19-12-8-13-20-36)37-21-14-9-15-22-37/h5-28,32H,1-2,29-30H2,3-4H3/b33-16+,38-27-. The average molecular weight is 522 g/mol. The molecule has 0 saturated heterocycles. The van der Waals surface area contributed by atoms with Gasteiger partial charge in [-0.2, -0.15) is 0 Å². The van der Waals surface area contributed by atoms with E-state index in [1.807, 2.05) is 18.2 Å². The smallest absolute Gasteiger partial charge is 0.0326 e. The zero-order chi connectivity index (χ0) is 28.2. The lowest BCUT2D eigenvalue weighted by Crippen LogP contribution is -2.28. The van der Waals surface area contributed by atoms with E-state index >= 15 is 0 Å². The van der Waals surface area contributed by atoms with Crippen molar-refractivity contribution in [3.8, 4) is 0 Å². The largest absolute Gasteiger partial charge is 0.289 e. The van der Waals surface area contributed by atoms with E-state index in [0.717, 1.165) is 24.2 Å². The van der Waals surface area contributed by atoms with Crippen LogP contribution in [0.2, 0.25) is 0 Å². The highest BCUT2D eigenvalue weighted by Gasteiger charge is 2.16. The zero-order valence-electron chi connectivity index (χ0n) is 23.7. The van der Waals surface area contributed by atoms with Crippen molar-refractivity contribution in [2.75, 3.05) is 13.1 Å². The Morgan fingerprint density at radius 2 is 1.18 bits per heavy atom. The third-order valence-corrected chi connectivity index (χ3v) is 7.25. The minimum atomic E-state index is 0.216. The molecule has 4 aromatic carbocycles. The normalized spacial score (nSPS) is 12.6. The first-order valence-electron chi connectivity index (χ1n) is 13.9. The summed E-state index contributed by atoms with van der Waals surface area (Å²) in [4.78, 5) is 2.52. The van der Waals surface area contributed by atoms with Gasteiger partial charge in [-0.25, -0.2) is 0 Å². The van der Waals surface area contributed by atoms with Crippen molar-refractivity contribution in [3.05, 3.63) is 192 Å². The quantitative estimate of drug-likeness (QED) is 0.168. The summed E-state index contributed by atoms with van der Waals surface area (Å²) in [5.74, 6) is 0. The van der Waals surface area contributed by atoms with Gasteiger partial charge in [0.2, 0.25) is 0 Å². The number of allylic oxidation sites excluding steroid dienone is 5. The fourth-order valence-corrected chi connectivity index (χ4v) is 4.92. The highest BCUT2D eigenvalue weighted by molar-refractivity contribution is 5.82. The van der Waals surface area contributed by atoms with Gasteiger partial charge in [0.1, 0.15) is 0 Å². The van der Waals surface area contributed by atoms with E-state index in [2.05, 4.69) is 159 Å². The molecule has 0 N–H and O–H groups in total. The molecule has 1 heteroatoms. The van der Waals surface area contributed by atoms with E-state index in [9.17, 15) is 0 Å². The van der Waals surface area contributed by atoms with Crippen LogP contribution in [0.15, 0.2) is 164 Å². The van der Waals surface area contributed by atoms with Crippen LogP contribution >= 0.6 is 0 Å². The topological polar surface area (TPSA) is 3.24 Å². The van der Waals surface area contributed by atoms with Gasteiger partial charge in [-0.05, 0) is 52.8 Å². The first kappa shape index (κ1) is 28.5. The van der Waals surface area contributed by atoms with Crippen LogP contribution in [-0.4, -0.2) is 18.0 Å². The molecule has 1 unspecified atom stereocenters. The van der Waals surface area contributed by atoms with Crippen molar-refractivity contribution >= 4 is 11.1 Å². The molecule has 0 heterocycles. The predicted molar refractivity (Wildman–Crippen MR) is 174 cm³/mol. The van der Waals surface area contributed by atoms with Gasteiger partial charge in [0.05, 0.1) is 0 Å². The Labute approximate surface area is 240 Å². The Hall–Kier alpha value is -4.46. The van der Waals surface area contributed by atoms with E-state index in [0.29, 0.717) is 0 Å². The molecule has 0 aliphatic heterocycles. The lowest BCUT2D eigenvalue weighted by atomic mass is 9.96. The van der Waals surface area contributed by atoms with E-state index in [-0.39, 0.29) is 6.04 Å². The Balaban J connectivity index is 1.76. The average Bonchev–Trinajstić information content (AvgIpc) is 3.01. The lowest BCUT2D eigenvalue weighted by molar-refractivity contribution is 0.260. The molecule has 0 bridgehead atoms. The van der Waals surface area contributed by atoms with Crippen molar-refractivity contribution in [2.24, 2.45) is 0 Å². The van der Waals surface area contributed by atoms with E-state index in [1.54, 1.807) is 0 Å². The maximum absolute atomic E-state index is 4.09. The lowest BCUT2D eigenvalue weighted by Gasteiger charge is -2.28. The second-order valence-electron chi connectivity index (χ2n) is 9.94. The molecule has 0 aromatic heterocycles. The minimum absolute atomic E-state index is 0.216.